The van der Waals surface area contributed by atoms with Gasteiger partial charge in [0.2, 0.25) is 10.0 Å². The van der Waals surface area contributed by atoms with Gasteiger partial charge in [-0.3, -0.25) is 4.79 Å². The van der Waals surface area contributed by atoms with E-state index in [1.54, 1.807) is 12.1 Å². The van der Waals surface area contributed by atoms with Gasteiger partial charge in [0.1, 0.15) is 10.6 Å². The summed E-state index contributed by atoms with van der Waals surface area (Å²) < 4.78 is 33.6. The molecule has 7 nitrogen and oxygen atoms in total. The Morgan fingerprint density at radius 3 is 2.81 bits per heavy atom. The monoisotopic (exact) mass is 455 g/mol. The Bertz CT molecular complexity index is 1220. The maximum atomic E-state index is 13.4. The lowest BCUT2D eigenvalue weighted by Crippen LogP contribution is -2.42. The first-order valence-electron chi connectivity index (χ1n) is 10.9. The molecule has 3 aromatic rings. The van der Waals surface area contributed by atoms with Gasteiger partial charge in [0.25, 0.3) is 5.91 Å². The van der Waals surface area contributed by atoms with Gasteiger partial charge < -0.3 is 15.0 Å². The minimum atomic E-state index is -3.77. The van der Waals surface area contributed by atoms with Crippen LogP contribution in [0.3, 0.4) is 0 Å². The second-order valence-corrected chi connectivity index (χ2v) is 10.1. The fraction of sp³-hybridized carbons (Fsp3) is 0.375. The molecule has 1 amide bonds. The smallest absolute Gasteiger partial charge is 0.251 e. The summed E-state index contributed by atoms with van der Waals surface area (Å²) in [7, 11) is -2.33. The Morgan fingerprint density at radius 2 is 2.03 bits per heavy atom. The zero-order valence-corrected chi connectivity index (χ0v) is 19.2. The van der Waals surface area contributed by atoms with Crippen LogP contribution < -0.4 is 10.1 Å². The van der Waals surface area contributed by atoms with E-state index < -0.39 is 10.0 Å². The van der Waals surface area contributed by atoms with Gasteiger partial charge in [0, 0.05) is 41.8 Å². The summed E-state index contributed by atoms with van der Waals surface area (Å²) in [5.41, 5.74) is 2.48. The van der Waals surface area contributed by atoms with Crippen molar-refractivity contribution in [2.24, 2.45) is 0 Å². The van der Waals surface area contributed by atoms with E-state index in [9.17, 15) is 13.2 Å². The van der Waals surface area contributed by atoms with Crippen molar-refractivity contribution in [3.63, 3.8) is 0 Å². The van der Waals surface area contributed by atoms with Gasteiger partial charge in [-0.05, 0) is 56.0 Å². The van der Waals surface area contributed by atoms with Crippen LogP contribution in [0.5, 0.6) is 5.75 Å². The van der Waals surface area contributed by atoms with E-state index in [1.165, 1.54) is 17.5 Å². The van der Waals surface area contributed by atoms with Gasteiger partial charge in [-0.25, -0.2) is 8.42 Å². The van der Waals surface area contributed by atoms with Crippen LogP contribution in [0.2, 0.25) is 0 Å². The Morgan fingerprint density at radius 1 is 1.22 bits per heavy atom. The Hall–Kier alpha value is -2.84. The molecular weight excluding hydrogens is 426 g/mol. The lowest BCUT2D eigenvalue weighted by Gasteiger charge is -2.32. The molecule has 170 valence electrons. The van der Waals surface area contributed by atoms with Crippen LogP contribution in [-0.4, -0.2) is 49.9 Å². The molecule has 4 rings (SSSR count). The number of hydrogen-bond donors (Lipinski definition) is 2. The van der Waals surface area contributed by atoms with Crippen LogP contribution in [0.25, 0.3) is 10.9 Å². The molecule has 0 radical (unpaired) electrons. The van der Waals surface area contributed by atoms with Crippen molar-refractivity contribution in [2.75, 3.05) is 20.2 Å². The van der Waals surface area contributed by atoms with Gasteiger partial charge >= 0.3 is 0 Å². The summed E-state index contributed by atoms with van der Waals surface area (Å²) in [6.45, 7) is 2.84. The number of piperidine rings is 1. The number of amides is 1. The molecule has 1 aromatic heterocycles. The predicted molar refractivity (Wildman–Crippen MR) is 125 cm³/mol. The standard InChI is InChI=1S/C24H29N3O4S/c1-17-7-5-6-14-27(17)32(29,30)23-15-18(10-11-22(23)31-2)24(28)25-13-12-19-16-26-21-9-4-3-8-20(19)21/h3-4,8-11,15-17,26H,5-7,12-14H2,1-2H3,(H,25,28)/t17-/m1/s1. The van der Waals surface area contributed by atoms with Crippen molar-refractivity contribution in [3.05, 3.63) is 59.8 Å². The summed E-state index contributed by atoms with van der Waals surface area (Å²) in [5, 5.41) is 4.04. The highest BCUT2D eigenvalue weighted by Gasteiger charge is 2.33. The van der Waals surface area contributed by atoms with Gasteiger partial charge in [0.15, 0.2) is 0 Å². The van der Waals surface area contributed by atoms with Crippen LogP contribution in [-0.2, 0) is 16.4 Å². The summed E-state index contributed by atoms with van der Waals surface area (Å²) in [6.07, 6.45) is 5.30. The average molecular weight is 456 g/mol. The van der Waals surface area contributed by atoms with Crippen molar-refractivity contribution < 1.29 is 17.9 Å². The minimum absolute atomic E-state index is 0.0398. The maximum Gasteiger partial charge on any atom is 0.251 e. The minimum Gasteiger partial charge on any atom is -0.495 e. The van der Waals surface area contributed by atoms with Crippen LogP contribution in [0, 0.1) is 0 Å². The fourth-order valence-electron chi connectivity index (χ4n) is 4.33. The molecule has 0 bridgehead atoms. The zero-order valence-electron chi connectivity index (χ0n) is 18.4. The number of carbonyl (C=O) groups is 1. The van der Waals surface area contributed by atoms with Crippen molar-refractivity contribution in [1.29, 1.82) is 0 Å². The van der Waals surface area contributed by atoms with E-state index in [0.717, 1.165) is 35.7 Å². The number of benzene rings is 2. The number of ether oxygens (including phenoxy) is 1. The third kappa shape index (κ3) is 4.38. The second kappa shape index (κ2) is 9.34. The van der Waals surface area contributed by atoms with Gasteiger partial charge in [-0.2, -0.15) is 4.31 Å². The van der Waals surface area contributed by atoms with Crippen molar-refractivity contribution in [2.45, 2.75) is 43.5 Å². The number of fused-ring (bicyclic) bond motifs is 1. The number of para-hydroxylation sites is 1. The Labute approximate surface area is 188 Å². The third-order valence-corrected chi connectivity index (χ3v) is 8.14. The Kier molecular flexibility index (Phi) is 6.53. The van der Waals surface area contributed by atoms with E-state index in [0.29, 0.717) is 25.1 Å². The highest BCUT2D eigenvalue weighted by molar-refractivity contribution is 7.89. The quantitative estimate of drug-likeness (QED) is 0.568. The van der Waals surface area contributed by atoms with Crippen molar-refractivity contribution in [1.82, 2.24) is 14.6 Å². The van der Waals surface area contributed by atoms with E-state index in [1.807, 2.05) is 37.4 Å². The van der Waals surface area contributed by atoms with Gasteiger partial charge in [-0.1, -0.05) is 24.6 Å². The number of H-pyrrole nitrogens is 1. The molecular formula is C24H29N3O4S. The molecule has 1 aliphatic heterocycles. The predicted octanol–water partition coefficient (Wildman–Crippen LogP) is 3.71. The molecule has 2 aromatic carbocycles. The summed E-state index contributed by atoms with van der Waals surface area (Å²) >= 11 is 0. The summed E-state index contributed by atoms with van der Waals surface area (Å²) in [5.74, 6) is -0.0613. The molecule has 0 aliphatic carbocycles. The van der Waals surface area contributed by atoms with E-state index in [-0.39, 0.29) is 22.6 Å². The number of aromatic nitrogens is 1. The topological polar surface area (TPSA) is 91.5 Å². The Balaban J connectivity index is 1.50. The van der Waals surface area contributed by atoms with Gasteiger partial charge in [-0.15, -0.1) is 0 Å². The number of rotatable bonds is 7. The van der Waals surface area contributed by atoms with E-state index in [2.05, 4.69) is 10.3 Å². The van der Waals surface area contributed by atoms with Crippen LogP contribution in [0.1, 0.15) is 42.1 Å². The lowest BCUT2D eigenvalue weighted by atomic mass is 10.1. The lowest BCUT2D eigenvalue weighted by molar-refractivity contribution is 0.0954. The van der Waals surface area contributed by atoms with E-state index >= 15 is 0 Å². The molecule has 0 saturated carbocycles. The SMILES string of the molecule is COc1ccc(C(=O)NCCc2c[nH]c3ccccc23)cc1S(=O)(=O)N1CCCC[C@H]1C. The largest absolute Gasteiger partial charge is 0.495 e. The second-order valence-electron chi connectivity index (χ2n) is 8.19. The fourth-order valence-corrected chi connectivity index (χ4v) is 6.21. The van der Waals surface area contributed by atoms with Crippen LogP contribution >= 0.6 is 0 Å². The third-order valence-electron chi connectivity index (χ3n) is 6.11. The number of hydrogen-bond acceptors (Lipinski definition) is 4. The molecule has 1 aliphatic rings. The summed E-state index contributed by atoms with van der Waals surface area (Å²) in [6, 6.07) is 12.5. The van der Waals surface area contributed by atoms with Crippen LogP contribution in [0.4, 0.5) is 0 Å². The molecule has 8 heteroatoms. The molecule has 2 heterocycles. The maximum absolute atomic E-state index is 13.4. The normalized spacial score (nSPS) is 17.4. The molecule has 1 fully saturated rings. The number of sulfonamides is 1. The summed E-state index contributed by atoms with van der Waals surface area (Å²) in [4.78, 5) is 16.1. The number of carbonyl (C=O) groups excluding carboxylic acids is 1. The highest BCUT2D eigenvalue weighted by Crippen LogP contribution is 2.31. The van der Waals surface area contributed by atoms with Gasteiger partial charge in [0.05, 0.1) is 7.11 Å². The molecule has 0 unspecified atom stereocenters. The molecule has 1 atom stereocenters. The zero-order chi connectivity index (χ0) is 22.7. The molecule has 0 spiro atoms. The highest BCUT2D eigenvalue weighted by atomic mass is 32.2. The number of aromatic amines is 1. The average Bonchev–Trinajstić information content (AvgIpc) is 3.22. The molecule has 32 heavy (non-hydrogen) atoms. The number of nitrogens with zero attached hydrogens (tertiary/aromatic N) is 1. The van der Waals surface area contributed by atoms with Crippen molar-refractivity contribution in [3.8, 4) is 5.75 Å². The first kappa shape index (κ1) is 22.4. The molecule has 1 saturated heterocycles. The van der Waals surface area contributed by atoms with Crippen LogP contribution in [0.15, 0.2) is 53.6 Å². The van der Waals surface area contributed by atoms with E-state index in [4.69, 9.17) is 4.74 Å². The van der Waals surface area contributed by atoms with Crippen molar-refractivity contribution >= 4 is 26.8 Å². The first-order valence-corrected chi connectivity index (χ1v) is 12.4. The number of nitrogens with one attached hydrogen (secondary N) is 2. The molecule has 2 N–H and O–H groups in total. The first-order chi connectivity index (χ1) is 15.4. The number of methoxy groups -OCH3 is 1.